The van der Waals surface area contributed by atoms with Gasteiger partial charge in [0.05, 0.1) is 12.4 Å². The van der Waals surface area contributed by atoms with E-state index >= 15 is 0 Å². The second kappa shape index (κ2) is 5.57. The van der Waals surface area contributed by atoms with Crippen molar-refractivity contribution in [2.24, 2.45) is 0 Å². The van der Waals surface area contributed by atoms with E-state index in [0.717, 1.165) is 12.8 Å². The fourth-order valence-electron chi connectivity index (χ4n) is 1.03. The highest BCUT2D eigenvalue weighted by Crippen LogP contribution is 2.04. The zero-order valence-electron chi connectivity index (χ0n) is 8.78. The summed E-state index contributed by atoms with van der Waals surface area (Å²) in [6.07, 6.45) is 3.09. The Bertz CT molecular complexity index is 226. The molecule has 4 nitrogen and oxygen atoms in total. The normalized spacial score (nSPS) is 14.8. The molecule has 1 atom stereocenters. The average molecular weight is 209 g/mol. The molecule has 0 unspecified atom stereocenters. The molecule has 0 radical (unpaired) electrons. The van der Waals surface area contributed by atoms with Gasteiger partial charge in [-0.15, -0.1) is 0 Å². The summed E-state index contributed by atoms with van der Waals surface area (Å²) in [5.74, 6) is 0. The van der Waals surface area contributed by atoms with Crippen molar-refractivity contribution in [3.63, 3.8) is 0 Å². The molecule has 0 saturated heterocycles. The van der Waals surface area contributed by atoms with Crippen LogP contribution in [-0.4, -0.2) is 45.8 Å². The van der Waals surface area contributed by atoms with Crippen LogP contribution in [0.4, 0.5) is 0 Å². The van der Waals surface area contributed by atoms with Crippen molar-refractivity contribution in [1.82, 2.24) is 4.31 Å². The van der Waals surface area contributed by atoms with Gasteiger partial charge in [-0.25, -0.2) is 12.7 Å². The molecule has 0 N–H and O–H groups in total. The van der Waals surface area contributed by atoms with Crippen LogP contribution in [0.3, 0.4) is 0 Å². The predicted molar refractivity (Wildman–Crippen MR) is 53.2 cm³/mol. The first-order chi connectivity index (χ1) is 5.91. The van der Waals surface area contributed by atoms with E-state index in [1.165, 1.54) is 10.6 Å². The molecule has 0 fully saturated rings. The molecule has 0 aliphatic carbocycles. The maximum absolute atomic E-state index is 11.1. The molecule has 0 bridgehead atoms. The predicted octanol–water partition coefficient (Wildman–Crippen LogP) is 0.693. The van der Waals surface area contributed by atoms with E-state index in [1.54, 1.807) is 14.2 Å². The number of hydrogen-bond acceptors (Lipinski definition) is 3. The third-order valence-corrected chi connectivity index (χ3v) is 3.25. The third-order valence-electron chi connectivity index (χ3n) is 1.97. The van der Waals surface area contributed by atoms with Gasteiger partial charge in [0.1, 0.15) is 0 Å². The number of sulfonamides is 1. The minimum atomic E-state index is -3.07. The summed E-state index contributed by atoms with van der Waals surface area (Å²) >= 11 is 0. The molecule has 0 heterocycles. The van der Waals surface area contributed by atoms with Crippen LogP contribution in [0.2, 0.25) is 0 Å². The van der Waals surface area contributed by atoms with Crippen LogP contribution in [0.15, 0.2) is 0 Å². The highest BCUT2D eigenvalue weighted by molar-refractivity contribution is 7.88. The fraction of sp³-hybridized carbons (Fsp3) is 1.00. The van der Waals surface area contributed by atoms with E-state index in [9.17, 15) is 8.42 Å². The Morgan fingerprint density at radius 1 is 1.46 bits per heavy atom. The Hall–Kier alpha value is -0.130. The monoisotopic (exact) mass is 209 g/mol. The smallest absolute Gasteiger partial charge is 0.211 e. The molecule has 13 heavy (non-hydrogen) atoms. The number of hydrogen-bond donors (Lipinski definition) is 0. The summed E-state index contributed by atoms with van der Waals surface area (Å²) in [4.78, 5) is 0. The van der Waals surface area contributed by atoms with Crippen molar-refractivity contribution in [2.45, 2.75) is 25.9 Å². The van der Waals surface area contributed by atoms with Gasteiger partial charge in [-0.1, -0.05) is 13.3 Å². The van der Waals surface area contributed by atoms with Crippen molar-refractivity contribution in [3.8, 4) is 0 Å². The quantitative estimate of drug-likeness (QED) is 0.646. The summed E-state index contributed by atoms with van der Waals surface area (Å²) in [7, 11) is 0.101. The number of likely N-dealkylation sites (N-methyl/N-ethyl adjacent to an activating group) is 1. The lowest BCUT2D eigenvalue weighted by Crippen LogP contribution is -2.34. The maximum Gasteiger partial charge on any atom is 0.211 e. The fourth-order valence-corrected chi connectivity index (χ4v) is 1.46. The van der Waals surface area contributed by atoms with Crippen molar-refractivity contribution in [2.75, 3.05) is 27.0 Å². The summed E-state index contributed by atoms with van der Waals surface area (Å²) in [6, 6.07) is 0. The summed E-state index contributed by atoms with van der Waals surface area (Å²) in [5.41, 5.74) is 0. The Morgan fingerprint density at radius 2 is 2.00 bits per heavy atom. The van der Waals surface area contributed by atoms with E-state index < -0.39 is 10.0 Å². The van der Waals surface area contributed by atoms with E-state index in [4.69, 9.17) is 4.74 Å². The van der Waals surface area contributed by atoms with Crippen molar-refractivity contribution in [3.05, 3.63) is 0 Å². The van der Waals surface area contributed by atoms with Crippen molar-refractivity contribution < 1.29 is 13.2 Å². The maximum atomic E-state index is 11.1. The van der Waals surface area contributed by atoms with E-state index in [1.807, 2.05) is 6.92 Å². The molecule has 0 aliphatic rings. The van der Waals surface area contributed by atoms with Gasteiger partial charge in [-0.05, 0) is 6.42 Å². The standard InChI is InChI=1S/C8H19NO3S/c1-5-6-8(12-3)7-9(2)13(4,10)11/h8H,5-7H2,1-4H3/t8-/m0/s1. The first-order valence-corrected chi connectivity index (χ1v) is 6.20. The van der Waals surface area contributed by atoms with Gasteiger partial charge in [0.2, 0.25) is 10.0 Å². The van der Waals surface area contributed by atoms with Crippen molar-refractivity contribution >= 4 is 10.0 Å². The third kappa shape index (κ3) is 5.23. The lowest BCUT2D eigenvalue weighted by Gasteiger charge is -2.20. The first-order valence-electron chi connectivity index (χ1n) is 4.36. The number of rotatable bonds is 6. The SMILES string of the molecule is CCC[C@@H](CN(C)S(C)(=O)=O)OC. The summed E-state index contributed by atoms with van der Waals surface area (Å²) in [6.45, 7) is 2.48. The molecule has 0 aromatic carbocycles. The molecular formula is C8H19NO3S. The lowest BCUT2D eigenvalue weighted by atomic mass is 10.2. The molecule has 0 amide bonds. The summed E-state index contributed by atoms with van der Waals surface area (Å²) < 4.78 is 28.6. The highest BCUT2D eigenvalue weighted by Gasteiger charge is 2.16. The molecule has 0 saturated carbocycles. The zero-order valence-corrected chi connectivity index (χ0v) is 9.60. The molecule has 0 aromatic rings. The minimum Gasteiger partial charge on any atom is -0.380 e. The Morgan fingerprint density at radius 3 is 2.31 bits per heavy atom. The van der Waals surface area contributed by atoms with Crippen molar-refractivity contribution in [1.29, 1.82) is 0 Å². The molecule has 0 rings (SSSR count). The van der Waals surface area contributed by atoms with E-state index in [2.05, 4.69) is 0 Å². The van der Waals surface area contributed by atoms with E-state index in [0.29, 0.717) is 6.54 Å². The second-order valence-electron chi connectivity index (χ2n) is 3.19. The van der Waals surface area contributed by atoms with Gasteiger partial charge in [0.25, 0.3) is 0 Å². The largest absolute Gasteiger partial charge is 0.380 e. The Kier molecular flexibility index (Phi) is 5.51. The lowest BCUT2D eigenvalue weighted by molar-refractivity contribution is 0.0815. The average Bonchev–Trinajstić information content (AvgIpc) is 2.01. The molecular weight excluding hydrogens is 190 g/mol. The number of methoxy groups -OCH3 is 1. The van der Waals surface area contributed by atoms with Crippen LogP contribution in [0.5, 0.6) is 0 Å². The van der Waals surface area contributed by atoms with Gasteiger partial charge in [0.15, 0.2) is 0 Å². The molecule has 5 heteroatoms. The zero-order chi connectivity index (χ0) is 10.5. The van der Waals surface area contributed by atoms with E-state index in [-0.39, 0.29) is 6.10 Å². The van der Waals surface area contributed by atoms with Gasteiger partial charge >= 0.3 is 0 Å². The van der Waals surface area contributed by atoms with Gasteiger partial charge in [-0.3, -0.25) is 0 Å². The van der Waals surface area contributed by atoms with Crippen LogP contribution < -0.4 is 0 Å². The van der Waals surface area contributed by atoms with Gasteiger partial charge in [0, 0.05) is 20.7 Å². The van der Waals surface area contributed by atoms with Crippen LogP contribution in [0, 0.1) is 0 Å². The number of ether oxygens (including phenoxy) is 1. The molecule has 0 aliphatic heterocycles. The minimum absolute atomic E-state index is 0.00437. The molecule has 0 spiro atoms. The van der Waals surface area contributed by atoms with Crippen LogP contribution in [0.25, 0.3) is 0 Å². The van der Waals surface area contributed by atoms with Crippen LogP contribution >= 0.6 is 0 Å². The Labute approximate surface area is 80.9 Å². The Balaban J connectivity index is 4.09. The van der Waals surface area contributed by atoms with Crippen LogP contribution in [-0.2, 0) is 14.8 Å². The van der Waals surface area contributed by atoms with Crippen LogP contribution in [0.1, 0.15) is 19.8 Å². The first kappa shape index (κ1) is 12.9. The topological polar surface area (TPSA) is 46.6 Å². The molecule has 80 valence electrons. The highest BCUT2D eigenvalue weighted by atomic mass is 32.2. The molecule has 0 aromatic heterocycles. The second-order valence-corrected chi connectivity index (χ2v) is 5.28. The number of nitrogens with zero attached hydrogens (tertiary/aromatic N) is 1. The van der Waals surface area contributed by atoms with Gasteiger partial charge in [-0.2, -0.15) is 0 Å². The summed E-state index contributed by atoms with van der Waals surface area (Å²) in [5, 5.41) is 0. The van der Waals surface area contributed by atoms with Gasteiger partial charge < -0.3 is 4.74 Å².